The molecule has 2 N–H and O–H groups in total. The lowest BCUT2D eigenvalue weighted by atomic mass is 10.3. The van der Waals surface area contributed by atoms with Gasteiger partial charge in [0.15, 0.2) is 4.34 Å². The van der Waals surface area contributed by atoms with E-state index in [2.05, 4.69) is 4.98 Å². The summed E-state index contributed by atoms with van der Waals surface area (Å²) in [6.07, 6.45) is 0.408. The van der Waals surface area contributed by atoms with E-state index < -0.39 is 0 Å². The number of epoxide rings is 1. The summed E-state index contributed by atoms with van der Waals surface area (Å²) in [4.78, 5) is 17.1. The number of carbonyl (C=O) groups excluding carboxylic acids is 1. The SMILES string of the molecule is NC(=O)c1ccc(-c2csc(SCC3CO3)n2)s1. The molecule has 3 rings (SSSR count). The number of primary amides is 1. The zero-order valence-corrected chi connectivity index (χ0v) is 11.7. The molecule has 1 saturated heterocycles. The molecule has 0 saturated carbocycles. The van der Waals surface area contributed by atoms with Crippen LogP contribution in [0.4, 0.5) is 0 Å². The van der Waals surface area contributed by atoms with E-state index >= 15 is 0 Å². The number of amides is 1. The highest BCUT2D eigenvalue weighted by Gasteiger charge is 2.23. The highest BCUT2D eigenvalue weighted by molar-refractivity contribution is 8.01. The Hall–Kier alpha value is -0.890. The van der Waals surface area contributed by atoms with E-state index in [4.69, 9.17) is 10.5 Å². The van der Waals surface area contributed by atoms with Crippen molar-refractivity contribution in [2.75, 3.05) is 12.4 Å². The number of ether oxygens (including phenoxy) is 1. The topological polar surface area (TPSA) is 68.5 Å². The average Bonchev–Trinajstić information content (AvgIpc) is 2.88. The van der Waals surface area contributed by atoms with Crippen LogP contribution < -0.4 is 5.73 Å². The Morgan fingerprint density at radius 3 is 3.11 bits per heavy atom. The fraction of sp³-hybridized carbons (Fsp3) is 0.273. The summed E-state index contributed by atoms with van der Waals surface area (Å²) in [5.41, 5.74) is 6.15. The van der Waals surface area contributed by atoms with Crippen molar-refractivity contribution in [3.8, 4) is 10.6 Å². The lowest BCUT2D eigenvalue weighted by molar-refractivity contribution is 0.100. The minimum absolute atomic E-state index is 0.387. The fourth-order valence-corrected chi connectivity index (χ4v) is 4.11. The maximum Gasteiger partial charge on any atom is 0.258 e. The zero-order valence-electron chi connectivity index (χ0n) is 9.29. The van der Waals surface area contributed by atoms with Crippen LogP contribution in [0.15, 0.2) is 21.9 Å². The molecule has 3 heterocycles. The monoisotopic (exact) mass is 298 g/mol. The molecule has 1 atom stereocenters. The molecule has 1 amide bonds. The molecule has 1 aliphatic rings. The number of hydrogen-bond acceptors (Lipinski definition) is 6. The Morgan fingerprint density at radius 2 is 2.44 bits per heavy atom. The van der Waals surface area contributed by atoms with Gasteiger partial charge in [0.2, 0.25) is 0 Å². The Bertz CT molecular complexity index is 574. The summed E-state index contributed by atoms with van der Waals surface area (Å²) in [6.45, 7) is 0.873. The van der Waals surface area contributed by atoms with Crippen molar-refractivity contribution in [2.45, 2.75) is 10.4 Å². The summed E-state index contributed by atoms with van der Waals surface area (Å²) in [5.74, 6) is 0.575. The van der Waals surface area contributed by atoms with Crippen LogP contribution in [0.3, 0.4) is 0 Å². The second-order valence-electron chi connectivity index (χ2n) is 3.79. The first-order chi connectivity index (χ1) is 8.72. The minimum atomic E-state index is -0.387. The van der Waals surface area contributed by atoms with Gasteiger partial charge in [-0.2, -0.15) is 0 Å². The molecular weight excluding hydrogens is 288 g/mol. The zero-order chi connectivity index (χ0) is 12.5. The third-order valence-electron chi connectivity index (χ3n) is 2.38. The number of carbonyl (C=O) groups is 1. The van der Waals surface area contributed by atoms with Crippen LogP contribution in [-0.2, 0) is 4.74 Å². The second-order valence-corrected chi connectivity index (χ2v) is 7.00. The molecule has 0 aliphatic carbocycles. The number of hydrogen-bond donors (Lipinski definition) is 1. The third kappa shape index (κ3) is 2.74. The van der Waals surface area contributed by atoms with E-state index in [1.807, 2.05) is 11.4 Å². The van der Waals surface area contributed by atoms with Crippen molar-refractivity contribution in [2.24, 2.45) is 5.73 Å². The lowest BCUT2D eigenvalue weighted by Crippen LogP contribution is -2.07. The molecule has 1 unspecified atom stereocenters. The fourth-order valence-electron chi connectivity index (χ4n) is 1.37. The highest BCUT2D eigenvalue weighted by Crippen LogP contribution is 2.33. The second kappa shape index (κ2) is 5.00. The van der Waals surface area contributed by atoms with Crippen LogP contribution in [-0.4, -0.2) is 29.4 Å². The summed E-state index contributed by atoms with van der Waals surface area (Å²) >= 11 is 4.71. The van der Waals surface area contributed by atoms with Gasteiger partial charge in [0, 0.05) is 11.1 Å². The molecule has 7 heteroatoms. The number of thiazole rings is 1. The van der Waals surface area contributed by atoms with Crippen LogP contribution in [0.25, 0.3) is 10.6 Å². The quantitative estimate of drug-likeness (QED) is 0.680. The first-order valence-electron chi connectivity index (χ1n) is 5.32. The van der Waals surface area contributed by atoms with E-state index in [1.165, 1.54) is 11.3 Å². The van der Waals surface area contributed by atoms with E-state index in [9.17, 15) is 4.79 Å². The summed E-state index contributed by atoms with van der Waals surface area (Å²) in [6, 6.07) is 3.63. The summed E-state index contributed by atoms with van der Waals surface area (Å²) in [7, 11) is 0. The first kappa shape index (κ1) is 12.2. The molecule has 0 aromatic carbocycles. The standard InChI is InChI=1S/C11H10N2O2S3/c12-10(14)9-2-1-8(18-9)7-5-17-11(13-7)16-4-6-3-15-6/h1-2,5-6H,3-4H2,(H2,12,14). The van der Waals surface area contributed by atoms with E-state index in [0.29, 0.717) is 11.0 Å². The number of thiophene rings is 1. The van der Waals surface area contributed by atoms with Gasteiger partial charge in [0.05, 0.1) is 28.2 Å². The van der Waals surface area contributed by atoms with Gasteiger partial charge in [-0.3, -0.25) is 4.79 Å². The van der Waals surface area contributed by atoms with Crippen LogP contribution >= 0.6 is 34.4 Å². The van der Waals surface area contributed by atoms with Crippen LogP contribution in [0.2, 0.25) is 0 Å². The van der Waals surface area contributed by atoms with Gasteiger partial charge in [0.25, 0.3) is 5.91 Å². The average molecular weight is 298 g/mol. The molecule has 0 bridgehead atoms. The number of thioether (sulfide) groups is 1. The van der Waals surface area contributed by atoms with Crippen LogP contribution in [0.5, 0.6) is 0 Å². The molecule has 1 fully saturated rings. The van der Waals surface area contributed by atoms with E-state index in [-0.39, 0.29) is 5.91 Å². The smallest absolute Gasteiger partial charge is 0.258 e. The van der Waals surface area contributed by atoms with Crippen LogP contribution in [0.1, 0.15) is 9.67 Å². The molecule has 2 aromatic rings. The van der Waals surface area contributed by atoms with Crippen molar-refractivity contribution in [3.05, 3.63) is 22.4 Å². The van der Waals surface area contributed by atoms with Gasteiger partial charge in [0.1, 0.15) is 0 Å². The third-order valence-corrected chi connectivity index (χ3v) is 5.65. The molecule has 0 radical (unpaired) electrons. The maximum atomic E-state index is 11.0. The normalized spacial score (nSPS) is 17.9. The number of nitrogens with two attached hydrogens (primary N) is 1. The van der Waals surface area contributed by atoms with Gasteiger partial charge >= 0.3 is 0 Å². The van der Waals surface area contributed by atoms with Crippen molar-refractivity contribution in [1.29, 1.82) is 0 Å². The maximum absolute atomic E-state index is 11.0. The molecule has 18 heavy (non-hydrogen) atoms. The van der Waals surface area contributed by atoms with Crippen molar-refractivity contribution >= 4 is 40.3 Å². The molecule has 1 aliphatic heterocycles. The Kier molecular flexibility index (Phi) is 3.38. The molecular formula is C11H10N2O2S3. The lowest BCUT2D eigenvalue weighted by Gasteiger charge is -1.91. The molecule has 4 nitrogen and oxygen atoms in total. The van der Waals surface area contributed by atoms with Crippen molar-refractivity contribution < 1.29 is 9.53 Å². The largest absolute Gasteiger partial charge is 0.372 e. The Labute approximate surface area is 116 Å². The molecule has 2 aromatic heterocycles. The summed E-state index contributed by atoms with van der Waals surface area (Å²) < 4.78 is 6.19. The Balaban J connectivity index is 1.72. The minimum Gasteiger partial charge on any atom is -0.372 e. The van der Waals surface area contributed by atoms with E-state index in [0.717, 1.165) is 27.3 Å². The number of aromatic nitrogens is 1. The van der Waals surface area contributed by atoms with Gasteiger partial charge in [-0.1, -0.05) is 11.8 Å². The predicted molar refractivity (Wildman–Crippen MR) is 74.4 cm³/mol. The molecule has 0 spiro atoms. The first-order valence-corrected chi connectivity index (χ1v) is 8.00. The summed E-state index contributed by atoms with van der Waals surface area (Å²) in [5, 5.41) is 2.01. The van der Waals surface area contributed by atoms with Crippen molar-refractivity contribution in [1.82, 2.24) is 4.98 Å². The Morgan fingerprint density at radius 1 is 1.61 bits per heavy atom. The van der Waals surface area contributed by atoms with Gasteiger partial charge < -0.3 is 10.5 Å². The molecule has 94 valence electrons. The van der Waals surface area contributed by atoms with Crippen molar-refractivity contribution in [3.63, 3.8) is 0 Å². The van der Waals surface area contributed by atoms with Gasteiger partial charge in [-0.05, 0) is 12.1 Å². The number of nitrogens with zero attached hydrogens (tertiary/aromatic N) is 1. The number of rotatable bonds is 5. The predicted octanol–water partition coefficient (Wildman–Crippen LogP) is 2.46. The highest BCUT2D eigenvalue weighted by atomic mass is 32.2. The van der Waals surface area contributed by atoms with Gasteiger partial charge in [-0.25, -0.2) is 4.98 Å². The van der Waals surface area contributed by atoms with Gasteiger partial charge in [-0.15, -0.1) is 22.7 Å². The van der Waals surface area contributed by atoms with Crippen LogP contribution in [0, 0.1) is 0 Å². The van der Waals surface area contributed by atoms with E-state index in [1.54, 1.807) is 29.2 Å².